The van der Waals surface area contributed by atoms with Gasteiger partial charge in [0.2, 0.25) is 0 Å². The minimum Gasteiger partial charge on any atom is -0.399 e. The van der Waals surface area contributed by atoms with Crippen molar-refractivity contribution in [3.63, 3.8) is 0 Å². The van der Waals surface area contributed by atoms with Gasteiger partial charge in [0, 0.05) is 15.5 Å². The van der Waals surface area contributed by atoms with E-state index < -0.39 is 23.5 Å². The molecule has 0 unspecified atom stereocenters. The minimum absolute atomic E-state index is 0.104. The normalized spacial score (nSPS) is 12.5. The predicted octanol–water partition coefficient (Wildman–Crippen LogP) is 5.46. The van der Waals surface area contributed by atoms with E-state index >= 15 is 0 Å². The number of benzene rings is 2. The summed E-state index contributed by atoms with van der Waals surface area (Å²) in [6, 6.07) is 7.56. The van der Waals surface area contributed by atoms with Crippen molar-refractivity contribution in [2.75, 3.05) is 5.73 Å². The number of nitrogen functional groups attached to an aromatic ring is 1. The summed E-state index contributed by atoms with van der Waals surface area (Å²) in [7, 11) is 0. The third kappa shape index (κ3) is 4.09. The van der Waals surface area contributed by atoms with Crippen molar-refractivity contribution in [2.45, 2.75) is 22.1 Å². The van der Waals surface area contributed by atoms with Crippen LogP contribution in [0, 0.1) is 0 Å². The molecule has 0 fully saturated rings. The van der Waals surface area contributed by atoms with Gasteiger partial charge in [0.05, 0.1) is 11.1 Å². The second kappa shape index (κ2) is 5.75. The first-order valence-electron chi connectivity index (χ1n) is 5.88. The van der Waals surface area contributed by atoms with Crippen molar-refractivity contribution in [3.05, 3.63) is 53.6 Å². The fraction of sp³-hybridized carbons (Fsp3) is 0.143. The standard InChI is InChI=1S/C14H9F6NS/c15-13(16,17)8-5-9(14(18,19)20)7-12(6-8)22-11-3-1-10(21)2-4-11/h1-7H,21H2. The Labute approximate surface area is 126 Å². The van der Waals surface area contributed by atoms with Crippen LogP contribution in [0.2, 0.25) is 0 Å². The molecule has 0 atom stereocenters. The van der Waals surface area contributed by atoms with Crippen LogP contribution in [0.3, 0.4) is 0 Å². The minimum atomic E-state index is -4.85. The van der Waals surface area contributed by atoms with Gasteiger partial charge in [-0.05, 0) is 42.5 Å². The lowest BCUT2D eigenvalue weighted by Gasteiger charge is -2.14. The zero-order valence-electron chi connectivity index (χ0n) is 10.8. The van der Waals surface area contributed by atoms with Crippen LogP contribution in [0.1, 0.15) is 11.1 Å². The summed E-state index contributed by atoms with van der Waals surface area (Å²) in [5.41, 5.74) is 3.26. The zero-order valence-corrected chi connectivity index (χ0v) is 11.6. The predicted molar refractivity (Wildman–Crippen MR) is 71.4 cm³/mol. The molecule has 0 aromatic heterocycles. The molecule has 22 heavy (non-hydrogen) atoms. The lowest BCUT2D eigenvalue weighted by Crippen LogP contribution is -2.10. The molecule has 8 heteroatoms. The SMILES string of the molecule is Nc1ccc(Sc2cc(C(F)(F)F)cc(C(F)(F)F)c2)cc1. The van der Waals surface area contributed by atoms with Gasteiger partial charge in [0.1, 0.15) is 0 Å². The summed E-state index contributed by atoms with van der Waals surface area (Å²) in [4.78, 5) is 0.341. The maximum absolute atomic E-state index is 12.7. The van der Waals surface area contributed by atoms with Crippen LogP contribution in [0.4, 0.5) is 32.0 Å². The van der Waals surface area contributed by atoms with Gasteiger partial charge in [0.25, 0.3) is 0 Å². The molecule has 0 amide bonds. The quantitative estimate of drug-likeness (QED) is 0.582. The first-order valence-corrected chi connectivity index (χ1v) is 6.70. The van der Waals surface area contributed by atoms with Crippen LogP contribution in [-0.2, 0) is 12.4 Å². The van der Waals surface area contributed by atoms with E-state index in [0.717, 1.165) is 11.8 Å². The van der Waals surface area contributed by atoms with E-state index in [0.29, 0.717) is 22.7 Å². The fourth-order valence-electron chi connectivity index (χ4n) is 1.66. The monoisotopic (exact) mass is 337 g/mol. The van der Waals surface area contributed by atoms with E-state index in [4.69, 9.17) is 5.73 Å². The molecule has 1 nitrogen and oxygen atoms in total. The molecule has 0 aliphatic heterocycles. The Balaban J connectivity index is 2.44. The third-order valence-corrected chi connectivity index (χ3v) is 3.66. The van der Waals surface area contributed by atoms with Crippen molar-refractivity contribution in [2.24, 2.45) is 0 Å². The molecule has 0 aliphatic carbocycles. The summed E-state index contributed by atoms with van der Waals surface area (Å²) in [5, 5.41) is 0. The zero-order chi connectivity index (χ0) is 16.5. The van der Waals surface area contributed by atoms with Crippen molar-refractivity contribution in [1.82, 2.24) is 0 Å². The molecule has 118 valence electrons. The highest BCUT2D eigenvalue weighted by Crippen LogP contribution is 2.39. The second-order valence-electron chi connectivity index (χ2n) is 4.41. The van der Waals surface area contributed by atoms with E-state index in [1.807, 2.05) is 0 Å². The van der Waals surface area contributed by atoms with Crippen molar-refractivity contribution in [1.29, 1.82) is 0 Å². The van der Waals surface area contributed by atoms with Crippen LogP contribution in [0.15, 0.2) is 52.3 Å². The van der Waals surface area contributed by atoms with Gasteiger partial charge < -0.3 is 5.73 Å². The number of alkyl halides is 6. The summed E-state index contributed by atoms with van der Waals surface area (Å²) < 4.78 is 76.4. The Morgan fingerprint density at radius 2 is 1.14 bits per heavy atom. The van der Waals surface area contributed by atoms with E-state index in [-0.39, 0.29) is 11.0 Å². The molecule has 0 radical (unpaired) electrons. The Bertz CT molecular complexity index is 628. The number of hydrogen-bond donors (Lipinski definition) is 1. The third-order valence-electron chi connectivity index (χ3n) is 2.68. The summed E-state index contributed by atoms with van der Waals surface area (Å²) in [6.07, 6.45) is -9.70. The summed E-state index contributed by atoms with van der Waals surface area (Å²) in [5.74, 6) is 0. The molecule has 0 bridgehead atoms. The first-order chi connectivity index (χ1) is 10.1. The van der Waals surface area contributed by atoms with Crippen LogP contribution >= 0.6 is 11.8 Å². The molecule has 2 aromatic rings. The van der Waals surface area contributed by atoms with E-state index in [1.165, 1.54) is 24.3 Å². The van der Waals surface area contributed by atoms with Gasteiger partial charge in [-0.25, -0.2) is 0 Å². The number of anilines is 1. The summed E-state index contributed by atoms with van der Waals surface area (Å²) in [6.45, 7) is 0. The topological polar surface area (TPSA) is 26.0 Å². The van der Waals surface area contributed by atoms with Crippen molar-refractivity contribution >= 4 is 17.4 Å². The molecule has 0 saturated heterocycles. The maximum Gasteiger partial charge on any atom is 0.416 e. The molecule has 2 aromatic carbocycles. The lowest BCUT2D eigenvalue weighted by atomic mass is 10.1. The number of hydrogen-bond acceptors (Lipinski definition) is 2. The molecule has 0 saturated carbocycles. The molecule has 0 spiro atoms. The maximum atomic E-state index is 12.7. The Hall–Kier alpha value is -1.83. The Kier molecular flexibility index (Phi) is 4.32. The fourth-order valence-corrected chi connectivity index (χ4v) is 2.57. The lowest BCUT2D eigenvalue weighted by molar-refractivity contribution is -0.143. The molecular weight excluding hydrogens is 328 g/mol. The molecule has 2 rings (SSSR count). The highest BCUT2D eigenvalue weighted by atomic mass is 32.2. The van der Waals surface area contributed by atoms with E-state index in [9.17, 15) is 26.3 Å². The van der Waals surface area contributed by atoms with Gasteiger partial charge in [-0.1, -0.05) is 11.8 Å². The van der Waals surface area contributed by atoms with E-state index in [2.05, 4.69) is 0 Å². The second-order valence-corrected chi connectivity index (χ2v) is 5.56. The number of halogens is 6. The van der Waals surface area contributed by atoms with Gasteiger partial charge >= 0.3 is 12.4 Å². The Morgan fingerprint density at radius 3 is 1.55 bits per heavy atom. The number of nitrogens with two attached hydrogens (primary N) is 1. The molecule has 2 N–H and O–H groups in total. The van der Waals surface area contributed by atoms with Crippen LogP contribution in [0.5, 0.6) is 0 Å². The van der Waals surface area contributed by atoms with E-state index in [1.54, 1.807) is 0 Å². The van der Waals surface area contributed by atoms with Crippen LogP contribution in [0.25, 0.3) is 0 Å². The largest absolute Gasteiger partial charge is 0.416 e. The number of rotatable bonds is 2. The highest BCUT2D eigenvalue weighted by molar-refractivity contribution is 7.99. The van der Waals surface area contributed by atoms with Crippen molar-refractivity contribution < 1.29 is 26.3 Å². The van der Waals surface area contributed by atoms with Gasteiger partial charge in [-0.15, -0.1) is 0 Å². The van der Waals surface area contributed by atoms with Crippen molar-refractivity contribution in [3.8, 4) is 0 Å². The average Bonchev–Trinajstić information content (AvgIpc) is 2.39. The van der Waals surface area contributed by atoms with Gasteiger partial charge in [-0.3, -0.25) is 0 Å². The smallest absolute Gasteiger partial charge is 0.399 e. The van der Waals surface area contributed by atoms with Crippen LogP contribution in [-0.4, -0.2) is 0 Å². The van der Waals surface area contributed by atoms with Gasteiger partial charge in [-0.2, -0.15) is 26.3 Å². The summed E-state index contributed by atoms with van der Waals surface area (Å²) >= 11 is 0.801. The highest BCUT2D eigenvalue weighted by Gasteiger charge is 2.36. The molecule has 0 aliphatic rings. The molecule has 0 heterocycles. The van der Waals surface area contributed by atoms with Gasteiger partial charge in [0.15, 0.2) is 0 Å². The first kappa shape index (κ1) is 16.5. The average molecular weight is 337 g/mol. The van der Waals surface area contributed by atoms with Crippen LogP contribution < -0.4 is 5.73 Å². The Morgan fingerprint density at radius 1 is 0.682 bits per heavy atom. The molecular formula is C14H9F6NS.